The molecule has 2 rings (SSSR count). The minimum absolute atomic E-state index is 0.00585. The average Bonchev–Trinajstić information content (AvgIpc) is 2.84. The van der Waals surface area contributed by atoms with E-state index in [9.17, 15) is 8.42 Å². The molecule has 0 aliphatic rings. The van der Waals surface area contributed by atoms with Crippen LogP contribution in [0.25, 0.3) is 0 Å². The second-order valence-electron chi connectivity index (χ2n) is 4.20. The van der Waals surface area contributed by atoms with Crippen LogP contribution in [0, 0.1) is 0 Å². The largest absolute Gasteiger partial charge is 0.269 e. The van der Waals surface area contributed by atoms with Crippen LogP contribution in [0.4, 0.5) is 0 Å². The van der Waals surface area contributed by atoms with Crippen LogP contribution < -0.4 is 4.72 Å². The van der Waals surface area contributed by atoms with Gasteiger partial charge in [-0.1, -0.05) is 30.3 Å². The Kier molecular flexibility index (Phi) is 4.34. The summed E-state index contributed by atoms with van der Waals surface area (Å²) in [7, 11) is -3.33. The number of rotatable bonds is 6. The van der Waals surface area contributed by atoms with Crippen molar-refractivity contribution in [3.05, 3.63) is 53.9 Å². The number of aryl methyl sites for hydroxylation is 1. The fourth-order valence-electron chi connectivity index (χ4n) is 1.82. The molecule has 1 N–H and O–H groups in total. The molecule has 102 valence electrons. The lowest BCUT2D eigenvalue weighted by Gasteiger charge is -2.08. The van der Waals surface area contributed by atoms with Gasteiger partial charge in [0, 0.05) is 12.7 Å². The van der Waals surface area contributed by atoms with Crippen molar-refractivity contribution in [2.24, 2.45) is 0 Å². The third kappa shape index (κ3) is 3.90. The molecule has 1 aromatic carbocycles. The van der Waals surface area contributed by atoms with Crippen LogP contribution in [-0.4, -0.2) is 18.2 Å². The summed E-state index contributed by atoms with van der Waals surface area (Å²) < 4.78 is 28.3. The van der Waals surface area contributed by atoms with Gasteiger partial charge in [0.15, 0.2) is 0 Å². The predicted octanol–water partition coefficient (Wildman–Crippen LogP) is 1.52. The summed E-state index contributed by atoms with van der Waals surface area (Å²) in [4.78, 5) is 0. The summed E-state index contributed by atoms with van der Waals surface area (Å²) in [5.74, 6) is -0.00585. The van der Waals surface area contributed by atoms with Gasteiger partial charge in [0.25, 0.3) is 0 Å². The number of nitrogens with zero attached hydrogens (tertiary/aromatic N) is 2. The molecule has 0 fully saturated rings. The first-order valence-corrected chi connectivity index (χ1v) is 7.78. The molecule has 2 aromatic rings. The second kappa shape index (κ2) is 5.99. The third-order valence-electron chi connectivity index (χ3n) is 2.78. The maximum Gasteiger partial charge on any atom is 0.216 e. The Hall–Kier alpha value is -1.66. The quantitative estimate of drug-likeness (QED) is 0.872. The minimum atomic E-state index is -3.33. The van der Waals surface area contributed by atoms with E-state index in [4.69, 9.17) is 0 Å². The number of hydrogen-bond donors (Lipinski definition) is 1. The average molecular weight is 279 g/mol. The molecule has 0 saturated carbocycles. The van der Waals surface area contributed by atoms with E-state index in [2.05, 4.69) is 9.82 Å². The Balaban J connectivity index is 1.98. The smallest absolute Gasteiger partial charge is 0.216 e. The summed E-state index contributed by atoms with van der Waals surface area (Å²) >= 11 is 0. The Bertz CT molecular complexity index is 620. The van der Waals surface area contributed by atoms with Gasteiger partial charge in [-0.2, -0.15) is 5.10 Å². The van der Waals surface area contributed by atoms with Crippen molar-refractivity contribution < 1.29 is 8.42 Å². The van der Waals surface area contributed by atoms with Crippen LogP contribution in [0.5, 0.6) is 0 Å². The number of hydrogen-bond acceptors (Lipinski definition) is 3. The fourth-order valence-corrected chi connectivity index (χ4v) is 2.92. The first-order valence-electron chi connectivity index (χ1n) is 6.12. The highest BCUT2D eigenvalue weighted by molar-refractivity contribution is 7.88. The van der Waals surface area contributed by atoms with E-state index in [-0.39, 0.29) is 12.3 Å². The van der Waals surface area contributed by atoms with Crippen LogP contribution in [0.3, 0.4) is 0 Å². The Morgan fingerprint density at radius 1 is 1.21 bits per heavy atom. The topological polar surface area (TPSA) is 64.0 Å². The molecule has 0 amide bonds. The van der Waals surface area contributed by atoms with E-state index >= 15 is 0 Å². The van der Waals surface area contributed by atoms with Gasteiger partial charge < -0.3 is 0 Å². The van der Waals surface area contributed by atoms with E-state index in [1.54, 1.807) is 23.0 Å². The molecule has 1 aromatic heterocycles. The van der Waals surface area contributed by atoms with Gasteiger partial charge in [-0.25, -0.2) is 13.1 Å². The van der Waals surface area contributed by atoms with Crippen molar-refractivity contribution in [2.75, 3.05) is 0 Å². The van der Waals surface area contributed by atoms with Gasteiger partial charge in [0.05, 0.1) is 18.0 Å². The Labute approximate surface area is 113 Å². The molecule has 0 radical (unpaired) electrons. The maximum absolute atomic E-state index is 12.0. The van der Waals surface area contributed by atoms with E-state index in [1.807, 2.05) is 31.2 Å². The molecular weight excluding hydrogens is 262 g/mol. The number of sulfonamides is 1. The van der Waals surface area contributed by atoms with Crippen molar-refractivity contribution >= 4 is 10.0 Å². The van der Waals surface area contributed by atoms with E-state index in [0.717, 1.165) is 17.8 Å². The predicted molar refractivity (Wildman–Crippen MR) is 73.8 cm³/mol. The molecule has 1 heterocycles. The lowest BCUT2D eigenvalue weighted by Crippen LogP contribution is -2.26. The van der Waals surface area contributed by atoms with Crippen LogP contribution >= 0.6 is 0 Å². The molecule has 0 unspecified atom stereocenters. The van der Waals surface area contributed by atoms with E-state index in [0.29, 0.717) is 0 Å². The van der Waals surface area contributed by atoms with Gasteiger partial charge in [-0.05, 0) is 18.6 Å². The maximum atomic E-state index is 12.0. The highest BCUT2D eigenvalue weighted by atomic mass is 32.2. The molecule has 0 bridgehead atoms. The van der Waals surface area contributed by atoms with Gasteiger partial charge in [0.1, 0.15) is 0 Å². The summed E-state index contributed by atoms with van der Waals surface area (Å²) in [6.07, 6.45) is 1.67. The normalized spacial score (nSPS) is 11.6. The SMILES string of the molecule is CCn1nccc1CNS(=O)(=O)Cc1ccccc1. The first-order chi connectivity index (χ1) is 9.11. The van der Waals surface area contributed by atoms with Crippen molar-refractivity contribution in [1.82, 2.24) is 14.5 Å². The van der Waals surface area contributed by atoms with E-state index in [1.165, 1.54) is 0 Å². The minimum Gasteiger partial charge on any atom is -0.269 e. The lowest BCUT2D eigenvalue weighted by atomic mass is 10.2. The lowest BCUT2D eigenvalue weighted by molar-refractivity contribution is 0.570. The molecule has 6 heteroatoms. The third-order valence-corrected chi connectivity index (χ3v) is 4.07. The van der Waals surface area contributed by atoms with Crippen molar-refractivity contribution in [3.8, 4) is 0 Å². The summed E-state index contributed by atoms with van der Waals surface area (Å²) in [6, 6.07) is 10.9. The Morgan fingerprint density at radius 2 is 1.95 bits per heavy atom. The molecule has 0 saturated heterocycles. The van der Waals surface area contributed by atoms with Gasteiger partial charge in [-0.15, -0.1) is 0 Å². The van der Waals surface area contributed by atoms with E-state index < -0.39 is 10.0 Å². The summed E-state index contributed by atoms with van der Waals surface area (Å²) in [5.41, 5.74) is 1.64. The summed E-state index contributed by atoms with van der Waals surface area (Å²) in [6.45, 7) is 2.96. The molecule has 19 heavy (non-hydrogen) atoms. The standard InChI is InChI=1S/C13H17N3O2S/c1-2-16-13(8-9-14-16)10-15-19(17,18)11-12-6-4-3-5-7-12/h3-9,15H,2,10-11H2,1H3. The molecule has 0 atom stereocenters. The highest BCUT2D eigenvalue weighted by Gasteiger charge is 2.12. The van der Waals surface area contributed by atoms with Crippen LogP contribution in [0.15, 0.2) is 42.6 Å². The van der Waals surface area contributed by atoms with Crippen LogP contribution in [0.2, 0.25) is 0 Å². The van der Waals surface area contributed by atoms with Gasteiger partial charge in [-0.3, -0.25) is 4.68 Å². The zero-order valence-electron chi connectivity index (χ0n) is 10.8. The Morgan fingerprint density at radius 3 is 2.63 bits per heavy atom. The summed E-state index contributed by atoms with van der Waals surface area (Å²) in [5, 5.41) is 4.10. The molecular formula is C13H17N3O2S. The van der Waals surface area contributed by atoms with Crippen LogP contribution in [0.1, 0.15) is 18.2 Å². The zero-order valence-corrected chi connectivity index (χ0v) is 11.6. The highest BCUT2D eigenvalue weighted by Crippen LogP contribution is 2.05. The second-order valence-corrected chi connectivity index (χ2v) is 6.01. The first kappa shape index (κ1) is 13.8. The fraction of sp³-hybridized carbons (Fsp3) is 0.308. The van der Waals surface area contributed by atoms with Crippen LogP contribution in [-0.2, 0) is 28.9 Å². The molecule has 0 aliphatic carbocycles. The van der Waals surface area contributed by atoms with Gasteiger partial charge in [0.2, 0.25) is 10.0 Å². The number of aromatic nitrogens is 2. The van der Waals surface area contributed by atoms with Gasteiger partial charge >= 0.3 is 0 Å². The molecule has 0 spiro atoms. The van der Waals surface area contributed by atoms with Crippen molar-refractivity contribution in [3.63, 3.8) is 0 Å². The monoisotopic (exact) mass is 279 g/mol. The molecule has 5 nitrogen and oxygen atoms in total. The van der Waals surface area contributed by atoms with Crippen molar-refractivity contribution in [1.29, 1.82) is 0 Å². The molecule has 0 aliphatic heterocycles. The number of nitrogens with one attached hydrogen (secondary N) is 1. The number of benzene rings is 1. The zero-order chi connectivity index (χ0) is 13.7. The van der Waals surface area contributed by atoms with Crippen molar-refractivity contribution in [2.45, 2.75) is 25.8 Å².